The number of amides is 2. The van der Waals surface area contributed by atoms with Gasteiger partial charge in [0, 0.05) is 41.0 Å². The van der Waals surface area contributed by atoms with E-state index in [0.29, 0.717) is 28.9 Å². The smallest absolute Gasteiger partial charge is 0.256 e. The Morgan fingerprint density at radius 2 is 1.77 bits per heavy atom. The van der Waals surface area contributed by atoms with Crippen LogP contribution in [0.5, 0.6) is 0 Å². The maximum atomic E-state index is 13.0. The number of aromatic nitrogens is 4. The Morgan fingerprint density at radius 1 is 1.06 bits per heavy atom. The zero-order valence-electron chi connectivity index (χ0n) is 18.1. The Morgan fingerprint density at radius 3 is 2.42 bits per heavy atom. The normalized spacial score (nSPS) is 17.8. The number of nitrogens with one attached hydrogen (secondary N) is 2. The van der Waals surface area contributed by atoms with E-state index in [-0.39, 0.29) is 23.1 Å². The molecule has 8 nitrogen and oxygen atoms in total. The van der Waals surface area contributed by atoms with Gasteiger partial charge in [-0.2, -0.15) is 9.78 Å². The minimum absolute atomic E-state index is 0.000759. The second kappa shape index (κ2) is 7.94. The van der Waals surface area contributed by atoms with E-state index in [4.69, 9.17) is 0 Å². The van der Waals surface area contributed by atoms with E-state index in [1.54, 1.807) is 42.7 Å². The summed E-state index contributed by atoms with van der Waals surface area (Å²) in [5.74, 6) is 1.01. The summed E-state index contributed by atoms with van der Waals surface area (Å²) < 4.78 is 1.53. The lowest BCUT2D eigenvalue weighted by molar-refractivity contribution is -0.117. The first kappa shape index (κ1) is 20.7. The summed E-state index contributed by atoms with van der Waals surface area (Å²) in [4.78, 5) is 33.7. The maximum Gasteiger partial charge on any atom is 0.256 e. The summed E-state index contributed by atoms with van der Waals surface area (Å²) in [5.41, 5.74) is 1.62. The predicted octanol–water partition coefficient (Wildman–Crippen LogP) is 3.81. The molecule has 0 bridgehead atoms. The molecular formula is C23H26N6O2. The molecule has 1 saturated carbocycles. The van der Waals surface area contributed by atoms with Crippen molar-refractivity contribution in [3.05, 3.63) is 60.0 Å². The van der Waals surface area contributed by atoms with E-state index in [9.17, 15) is 9.59 Å². The predicted molar refractivity (Wildman–Crippen MR) is 118 cm³/mol. The quantitative estimate of drug-likeness (QED) is 0.656. The van der Waals surface area contributed by atoms with Crippen LogP contribution in [0.4, 0.5) is 11.5 Å². The van der Waals surface area contributed by atoms with Gasteiger partial charge in [0.1, 0.15) is 5.82 Å². The molecule has 2 aromatic heterocycles. The molecule has 0 spiro atoms. The van der Waals surface area contributed by atoms with Crippen LogP contribution in [0.15, 0.2) is 48.8 Å². The molecule has 160 valence electrons. The Bertz CT molecular complexity index is 1120. The Labute approximate surface area is 181 Å². The topological polar surface area (TPSA) is 102 Å². The lowest BCUT2D eigenvalue weighted by atomic mass is 9.92. The van der Waals surface area contributed by atoms with E-state index < -0.39 is 0 Å². The van der Waals surface area contributed by atoms with Gasteiger partial charge < -0.3 is 10.6 Å². The molecule has 31 heavy (non-hydrogen) atoms. The van der Waals surface area contributed by atoms with Crippen molar-refractivity contribution in [2.24, 2.45) is 11.8 Å². The molecule has 8 heteroatoms. The Balaban J connectivity index is 1.58. The minimum Gasteiger partial charge on any atom is -0.326 e. The third-order valence-corrected chi connectivity index (χ3v) is 5.30. The first-order valence-corrected chi connectivity index (χ1v) is 10.3. The number of anilines is 2. The highest BCUT2D eigenvalue weighted by atomic mass is 16.2. The molecule has 0 radical (unpaired) electrons. The number of benzene rings is 1. The molecule has 1 aliphatic rings. The lowest BCUT2D eigenvalue weighted by Gasteiger charge is -2.13. The van der Waals surface area contributed by atoms with Gasteiger partial charge in [0.25, 0.3) is 11.9 Å². The second-order valence-electron chi connectivity index (χ2n) is 8.97. The van der Waals surface area contributed by atoms with Gasteiger partial charge in [0.2, 0.25) is 5.91 Å². The summed E-state index contributed by atoms with van der Waals surface area (Å²) in [6.45, 7) is 8.19. The van der Waals surface area contributed by atoms with E-state index in [1.165, 1.54) is 4.68 Å². The van der Waals surface area contributed by atoms with Crippen molar-refractivity contribution in [3.8, 4) is 5.95 Å². The van der Waals surface area contributed by atoms with Crippen LogP contribution < -0.4 is 10.6 Å². The molecule has 1 fully saturated rings. The third kappa shape index (κ3) is 4.63. The summed E-state index contributed by atoms with van der Waals surface area (Å²) in [5, 5.41) is 10.4. The lowest BCUT2D eigenvalue weighted by Crippen LogP contribution is -2.17. The van der Waals surface area contributed by atoms with Crippen molar-refractivity contribution in [1.29, 1.82) is 0 Å². The molecule has 1 aliphatic carbocycles. The van der Waals surface area contributed by atoms with E-state index in [0.717, 1.165) is 12.1 Å². The van der Waals surface area contributed by atoms with Crippen molar-refractivity contribution in [3.63, 3.8) is 0 Å². The molecule has 0 aliphatic heterocycles. The number of hydrogen-bond donors (Lipinski definition) is 2. The van der Waals surface area contributed by atoms with Crippen molar-refractivity contribution in [2.45, 2.75) is 39.5 Å². The standard InChI is InChI=1S/C23H26N6O2/c1-14-11-17(14)21(31)26-16-8-5-7-15(12-16)20(30)27-19-13-18(23(2,3)4)28-29(19)22-24-9-6-10-25-22/h5-10,12-14,17H,11H2,1-4H3,(H,26,31)(H,27,30). The summed E-state index contributed by atoms with van der Waals surface area (Å²) in [7, 11) is 0. The van der Waals surface area contributed by atoms with Gasteiger partial charge in [0.05, 0.1) is 5.69 Å². The van der Waals surface area contributed by atoms with Crippen molar-refractivity contribution in [1.82, 2.24) is 19.7 Å². The van der Waals surface area contributed by atoms with E-state index in [2.05, 4.69) is 32.6 Å². The zero-order chi connectivity index (χ0) is 22.2. The van der Waals surface area contributed by atoms with Crippen LogP contribution in [0.2, 0.25) is 0 Å². The number of rotatable bonds is 5. The van der Waals surface area contributed by atoms with Gasteiger partial charge in [-0.1, -0.05) is 33.8 Å². The average molecular weight is 419 g/mol. The Kier molecular flexibility index (Phi) is 5.31. The molecule has 2 amide bonds. The molecule has 3 aromatic rings. The van der Waals surface area contributed by atoms with Crippen molar-refractivity contribution >= 4 is 23.3 Å². The number of carbonyl (C=O) groups is 2. The van der Waals surface area contributed by atoms with Crippen LogP contribution in [0.3, 0.4) is 0 Å². The fourth-order valence-corrected chi connectivity index (χ4v) is 3.24. The van der Waals surface area contributed by atoms with E-state index >= 15 is 0 Å². The highest BCUT2D eigenvalue weighted by Gasteiger charge is 2.39. The van der Waals surface area contributed by atoms with Crippen LogP contribution in [-0.2, 0) is 10.2 Å². The summed E-state index contributed by atoms with van der Waals surface area (Å²) >= 11 is 0. The van der Waals surface area contributed by atoms with Crippen LogP contribution in [0.1, 0.15) is 50.2 Å². The van der Waals surface area contributed by atoms with Crippen molar-refractivity contribution in [2.75, 3.05) is 10.6 Å². The van der Waals surface area contributed by atoms with Gasteiger partial charge in [-0.3, -0.25) is 9.59 Å². The third-order valence-electron chi connectivity index (χ3n) is 5.30. The largest absolute Gasteiger partial charge is 0.326 e. The van der Waals surface area contributed by atoms with Gasteiger partial charge in [-0.25, -0.2) is 9.97 Å². The van der Waals surface area contributed by atoms with E-state index in [1.807, 2.05) is 26.8 Å². The number of nitrogens with zero attached hydrogens (tertiary/aromatic N) is 4. The molecule has 2 heterocycles. The zero-order valence-corrected chi connectivity index (χ0v) is 18.1. The molecule has 1 aromatic carbocycles. The first-order chi connectivity index (χ1) is 14.7. The molecular weight excluding hydrogens is 392 g/mol. The van der Waals surface area contributed by atoms with Crippen LogP contribution in [-0.4, -0.2) is 31.6 Å². The van der Waals surface area contributed by atoms with Gasteiger partial charge in [-0.15, -0.1) is 0 Å². The second-order valence-corrected chi connectivity index (χ2v) is 8.97. The average Bonchev–Trinajstić information content (AvgIpc) is 3.31. The maximum absolute atomic E-state index is 13.0. The molecule has 4 rings (SSSR count). The van der Waals surface area contributed by atoms with Crippen LogP contribution >= 0.6 is 0 Å². The summed E-state index contributed by atoms with van der Waals surface area (Å²) in [6.07, 6.45) is 4.16. The summed E-state index contributed by atoms with van der Waals surface area (Å²) in [6, 6.07) is 10.5. The molecule has 2 unspecified atom stereocenters. The van der Waals surface area contributed by atoms with Gasteiger partial charge in [-0.05, 0) is 36.6 Å². The highest BCUT2D eigenvalue weighted by Crippen LogP contribution is 2.38. The van der Waals surface area contributed by atoms with Gasteiger partial charge >= 0.3 is 0 Å². The minimum atomic E-state index is -0.312. The SMILES string of the molecule is CC1CC1C(=O)Nc1cccc(C(=O)Nc2cc(C(C)(C)C)nn2-c2ncccn2)c1. The van der Waals surface area contributed by atoms with Gasteiger partial charge in [0.15, 0.2) is 0 Å². The molecule has 2 N–H and O–H groups in total. The van der Waals surface area contributed by atoms with Crippen LogP contribution in [0, 0.1) is 11.8 Å². The van der Waals surface area contributed by atoms with Crippen LogP contribution in [0.25, 0.3) is 5.95 Å². The van der Waals surface area contributed by atoms with Crippen molar-refractivity contribution < 1.29 is 9.59 Å². The molecule has 2 atom stereocenters. The molecule has 0 saturated heterocycles. The number of carbonyl (C=O) groups excluding carboxylic acids is 2. The fraction of sp³-hybridized carbons (Fsp3) is 0.348. The highest BCUT2D eigenvalue weighted by molar-refractivity contribution is 6.05. The number of hydrogen-bond acceptors (Lipinski definition) is 5. The Hall–Kier alpha value is -3.55. The first-order valence-electron chi connectivity index (χ1n) is 10.3. The fourth-order valence-electron chi connectivity index (χ4n) is 3.24. The monoisotopic (exact) mass is 418 g/mol.